The lowest BCUT2D eigenvalue weighted by Crippen LogP contribution is -2.65. The fraction of sp³-hybridized carbons (Fsp3) is 0.235. The first-order valence-corrected chi connectivity index (χ1v) is 16.3. The Morgan fingerprint density at radius 1 is 1.00 bits per heavy atom. The van der Waals surface area contributed by atoms with Gasteiger partial charge in [0.15, 0.2) is 5.54 Å². The van der Waals surface area contributed by atoms with Crippen molar-refractivity contribution in [3.63, 3.8) is 0 Å². The number of amides is 3. The van der Waals surface area contributed by atoms with Crippen LogP contribution in [0.1, 0.15) is 33.4 Å². The standard InChI is InChI=1S/C34H34N6O5S/c1-22-20-28(31(35)41)36-40(22)30-17-9-15-27(32(42)37-46(44,45)29-16-8-13-24-11-6-7-14-26(24)29)34(30,38(2)3)33(43)39-19-18-23-10-4-5-12-25(23)21-39/h4-17,20,30H,18-19,21H2,1-3H3,(H2,35,41)(H,37,42). The average molecular weight is 639 g/mol. The topological polar surface area (TPSA) is 148 Å². The zero-order chi connectivity index (χ0) is 32.8. The summed E-state index contributed by atoms with van der Waals surface area (Å²) in [6, 6.07) is 20.2. The highest BCUT2D eigenvalue weighted by Crippen LogP contribution is 2.42. The molecule has 2 aliphatic rings. The third-order valence-corrected chi connectivity index (χ3v) is 10.2. The predicted octanol–water partition coefficient (Wildman–Crippen LogP) is 2.87. The Morgan fingerprint density at radius 3 is 2.41 bits per heavy atom. The van der Waals surface area contributed by atoms with E-state index in [4.69, 9.17) is 5.73 Å². The van der Waals surface area contributed by atoms with Gasteiger partial charge in [-0.25, -0.2) is 13.1 Å². The third-order valence-electron chi connectivity index (χ3n) is 8.79. The SMILES string of the molecule is Cc1cc(C(N)=O)nn1C1C=CC=C(C(=O)NS(=O)(=O)c2cccc3ccccc23)C1(C(=O)N1CCc2ccccc2C1)N(C)C. The average Bonchev–Trinajstić information content (AvgIpc) is 3.44. The second-order valence-electron chi connectivity index (χ2n) is 11.7. The van der Waals surface area contributed by atoms with Crippen LogP contribution >= 0.6 is 0 Å². The zero-order valence-electron chi connectivity index (χ0n) is 25.7. The van der Waals surface area contributed by atoms with Gasteiger partial charge in [-0.1, -0.05) is 78.9 Å². The number of hydrogen-bond acceptors (Lipinski definition) is 7. The minimum Gasteiger partial charge on any atom is -0.364 e. The molecule has 0 spiro atoms. The van der Waals surface area contributed by atoms with Crippen molar-refractivity contribution in [2.45, 2.75) is 36.4 Å². The largest absolute Gasteiger partial charge is 0.364 e. The first-order chi connectivity index (χ1) is 21.9. The normalized spacial score (nSPS) is 19.5. The number of allylic oxidation sites excluding steroid dienone is 2. The molecule has 1 aliphatic carbocycles. The summed E-state index contributed by atoms with van der Waals surface area (Å²) < 4.78 is 31.4. The number of likely N-dealkylation sites (N-methyl/N-ethyl adjacent to an activating group) is 1. The molecule has 46 heavy (non-hydrogen) atoms. The predicted molar refractivity (Wildman–Crippen MR) is 173 cm³/mol. The Labute approximate surface area is 267 Å². The van der Waals surface area contributed by atoms with Crippen molar-refractivity contribution in [2.75, 3.05) is 20.6 Å². The molecule has 1 aromatic heterocycles. The molecular weight excluding hydrogens is 604 g/mol. The number of rotatable bonds is 7. The summed E-state index contributed by atoms with van der Waals surface area (Å²) in [6.45, 7) is 2.41. The molecule has 4 aromatic rings. The van der Waals surface area contributed by atoms with Crippen LogP contribution in [0.3, 0.4) is 0 Å². The molecule has 0 saturated heterocycles. The highest BCUT2D eigenvalue weighted by atomic mass is 32.2. The monoisotopic (exact) mass is 638 g/mol. The molecule has 6 rings (SSSR count). The van der Waals surface area contributed by atoms with Crippen LogP contribution in [0.4, 0.5) is 0 Å². The number of carbonyl (C=O) groups is 3. The lowest BCUT2D eigenvalue weighted by Gasteiger charge is -2.48. The Bertz CT molecular complexity index is 2060. The highest BCUT2D eigenvalue weighted by Gasteiger charge is 2.57. The molecule has 0 bridgehead atoms. The number of sulfonamides is 1. The number of primary amides is 1. The van der Waals surface area contributed by atoms with E-state index in [2.05, 4.69) is 9.82 Å². The van der Waals surface area contributed by atoms with E-state index in [1.54, 1.807) is 79.4 Å². The van der Waals surface area contributed by atoms with E-state index in [1.807, 2.05) is 24.3 Å². The number of benzene rings is 3. The van der Waals surface area contributed by atoms with Gasteiger partial charge < -0.3 is 10.6 Å². The molecule has 3 N–H and O–H groups in total. The van der Waals surface area contributed by atoms with E-state index in [0.717, 1.165) is 11.1 Å². The molecule has 12 heteroatoms. The number of nitrogens with zero attached hydrogens (tertiary/aromatic N) is 4. The molecule has 1 aliphatic heterocycles. The van der Waals surface area contributed by atoms with E-state index < -0.39 is 39.3 Å². The van der Waals surface area contributed by atoms with Gasteiger partial charge in [-0.3, -0.25) is 24.0 Å². The number of nitrogens with one attached hydrogen (secondary N) is 1. The summed E-state index contributed by atoms with van der Waals surface area (Å²) in [4.78, 5) is 44.7. The smallest absolute Gasteiger partial charge is 0.269 e. The summed E-state index contributed by atoms with van der Waals surface area (Å²) in [5, 5.41) is 5.59. The van der Waals surface area contributed by atoms with Gasteiger partial charge in [0.1, 0.15) is 11.7 Å². The second kappa shape index (κ2) is 11.7. The summed E-state index contributed by atoms with van der Waals surface area (Å²) in [6.07, 6.45) is 5.39. The molecule has 2 atom stereocenters. The van der Waals surface area contributed by atoms with Crippen LogP contribution in [0.2, 0.25) is 0 Å². The van der Waals surface area contributed by atoms with E-state index in [1.165, 1.54) is 22.9 Å². The fourth-order valence-corrected chi connectivity index (χ4v) is 7.79. The van der Waals surface area contributed by atoms with Crippen LogP contribution in [0.5, 0.6) is 0 Å². The molecule has 0 fully saturated rings. The van der Waals surface area contributed by atoms with Gasteiger partial charge in [-0.15, -0.1) is 0 Å². The maximum atomic E-state index is 15.0. The minimum absolute atomic E-state index is 0.00278. The number of aryl methyl sites for hydroxylation is 1. The van der Waals surface area contributed by atoms with Gasteiger partial charge in [0.05, 0.1) is 10.5 Å². The number of fused-ring (bicyclic) bond motifs is 2. The van der Waals surface area contributed by atoms with E-state index in [-0.39, 0.29) is 16.2 Å². The van der Waals surface area contributed by atoms with E-state index in [9.17, 15) is 18.0 Å². The Hall–Kier alpha value is -5.07. The highest BCUT2D eigenvalue weighted by molar-refractivity contribution is 7.90. The molecule has 11 nitrogen and oxygen atoms in total. The van der Waals surface area contributed by atoms with E-state index in [0.29, 0.717) is 36.0 Å². The van der Waals surface area contributed by atoms with Crippen molar-refractivity contribution in [3.05, 3.63) is 119 Å². The minimum atomic E-state index is -4.39. The van der Waals surface area contributed by atoms with Crippen LogP contribution in [0.15, 0.2) is 101 Å². The Balaban J connectivity index is 1.48. The van der Waals surface area contributed by atoms with E-state index >= 15 is 4.79 Å². The molecule has 0 radical (unpaired) electrons. The summed E-state index contributed by atoms with van der Waals surface area (Å²) in [5.41, 5.74) is 6.33. The van der Waals surface area contributed by atoms with Crippen LogP contribution in [0, 0.1) is 6.92 Å². The molecule has 236 valence electrons. The van der Waals surface area contributed by atoms with Crippen molar-refractivity contribution >= 4 is 38.5 Å². The summed E-state index contributed by atoms with van der Waals surface area (Å²) in [7, 11) is -1.07. The molecule has 0 saturated carbocycles. The van der Waals surface area contributed by atoms with Gasteiger partial charge >= 0.3 is 0 Å². The number of aromatic nitrogens is 2. The van der Waals surface area contributed by atoms with Crippen LogP contribution in [-0.4, -0.2) is 71.9 Å². The molecule has 3 aromatic carbocycles. The number of hydrogen-bond donors (Lipinski definition) is 2. The first kappa shape index (κ1) is 30.9. The van der Waals surface area contributed by atoms with Crippen LogP contribution in [-0.2, 0) is 32.6 Å². The molecular formula is C34H34N6O5S. The van der Waals surface area contributed by atoms with Gasteiger partial charge in [-0.05, 0) is 56.1 Å². The third kappa shape index (κ3) is 5.09. The van der Waals surface area contributed by atoms with Gasteiger partial charge in [0.25, 0.3) is 27.7 Å². The van der Waals surface area contributed by atoms with Crippen LogP contribution < -0.4 is 10.5 Å². The fourth-order valence-electron chi connectivity index (χ4n) is 6.59. The number of carbonyl (C=O) groups excluding carboxylic acids is 3. The maximum Gasteiger partial charge on any atom is 0.269 e. The Kier molecular flexibility index (Phi) is 7.87. The zero-order valence-corrected chi connectivity index (χ0v) is 26.5. The molecule has 2 unspecified atom stereocenters. The lowest BCUT2D eigenvalue weighted by atomic mass is 9.75. The first-order valence-electron chi connectivity index (χ1n) is 14.8. The summed E-state index contributed by atoms with van der Waals surface area (Å²) >= 11 is 0. The lowest BCUT2D eigenvalue weighted by molar-refractivity contribution is -0.145. The van der Waals surface area contributed by atoms with Crippen molar-refractivity contribution < 1.29 is 22.8 Å². The number of nitrogens with two attached hydrogens (primary N) is 1. The Morgan fingerprint density at radius 2 is 1.70 bits per heavy atom. The molecule has 2 heterocycles. The summed E-state index contributed by atoms with van der Waals surface area (Å²) in [5.74, 6) is -2.12. The van der Waals surface area contributed by atoms with Crippen molar-refractivity contribution in [2.24, 2.45) is 5.73 Å². The molecule has 3 amide bonds. The second-order valence-corrected chi connectivity index (χ2v) is 13.4. The maximum absolute atomic E-state index is 15.0. The van der Waals surface area contributed by atoms with Gasteiger partial charge in [0.2, 0.25) is 0 Å². The van der Waals surface area contributed by atoms with Gasteiger partial charge in [-0.2, -0.15) is 5.10 Å². The van der Waals surface area contributed by atoms with Crippen molar-refractivity contribution in [3.8, 4) is 0 Å². The van der Waals surface area contributed by atoms with Crippen LogP contribution in [0.25, 0.3) is 10.8 Å². The quantitative estimate of drug-likeness (QED) is 0.316. The van der Waals surface area contributed by atoms with Crippen molar-refractivity contribution in [1.29, 1.82) is 0 Å². The van der Waals surface area contributed by atoms with Gasteiger partial charge in [0, 0.05) is 24.2 Å². The van der Waals surface area contributed by atoms with Crippen molar-refractivity contribution in [1.82, 2.24) is 24.3 Å².